The van der Waals surface area contributed by atoms with Crippen LogP contribution in [-0.2, 0) is 13.1 Å². The topological polar surface area (TPSA) is 51.0 Å². The lowest BCUT2D eigenvalue weighted by atomic mass is 10.1. The predicted octanol–water partition coefficient (Wildman–Crippen LogP) is 4.84. The lowest BCUT2D eigenvalue weighted by Crippen LogP contribution is -2.30. The highest BCUT2D eigenvalue weighted by molar-refractivity contribution is 7.13. The molecule has 1 aromatic carbocycles. The van der Waals surface area contributed by atoms with Gasteiger partial charge in [-0.25, -0.2) is 9.67 Å². The van der Waals surface area contributed by atoms with Crippen LogP contribution in [0.5, 0.6) is 0 Å². The van der Waals surface area contributed by atoms with Crippen molar-refractivity contribution in [3.63, 3.8) is 0 Å². The number of fused-ring (bicyclic) bond motifs is 1. The maximum atomic E-state index is 13.5. The fourth-order valence-corrected chi connectivity index (χ4v) is 3.99. The van der Waals surface area contributed by atoms with E-state index in [-0.39, 0.29) is 5.91 Å². The van der Waals surface area contributed by atoms with Gasteiger partial charge in [0.2, 0.25) is 0 Å². The van der Waals surface area contributed by atoms with E-state index in [4.69, 9.17) is 4.98 Å². The number of aryl methyl sites for hydroxylation is 1. The summed E-state index contributed by atoms with van der Waals surface area (Å²) in [5.74, 6) is 0.00668. The van der Waals surface area contributed by atoms with Gasteiger partial charge in [0.05, 0.1) is 27.7 Å². The highest BCUT2D eigenvalue weighted by atomic mass is 32.1. The van der Waals surface area contributed by atoms with E-state index in [0.29, 0.717) is 25.2 Å². The predicted molar refractivity (Wildman–Crippen MR) is 113 cm³/mol. The van der Waals surface area contributed by atoms with Gasteiger partial charge in [0.1, 0.15) is 0 Å². The Balaban J connectivity index is 1.79. The molecule has 0 aliphatic heterocycles. The Morgan fingerprint density at radius 3 is 2.64 bits per heavy atom. The van der Waals surface area contributed by atoms with Crippen LogP contribution in [0.15, 0.2) is 60.1 Å². The molecule has 0 aliphatic carbocycles. The third-order valence-corrected chi connectivity index (χ3v) is 5.69. The molecule has 3 aromatic heterocycles. The smallest absolute Gasteiger partial charge is 0.255 e. The van der Waals surface area contributed by atoms with Crippen LogP contribution in [-0.4, -0.2) is 32.1 Å². The molecule has 142 valence electrons. The SMILES string of the molecule is CCN(Cc1ccccc1)C(=O)c1cc(-c2cccs2)nc2c1cnn2CC. The van der Waals surface area contributed by atoms with Gasteiger partial charge in [-0.3, -0.25) is 4.79 Å². The maximum absolute atomic E-state index is 13.5. The van der Waals surface area contributed by atoms with Crippen molar-refractivity contribution < 1.29 is 4.79 Å². The summed E-state index contributed by atoms with van der Waals surface area (Å²) in [5, 5.41) is 7.26. The first-order valence-electron chi connectivity index (χ1n) is 9.45. The van der Waals surface area contributed by atoms with E-state index in [1.54, 1.807) is 17.5 Å². The van der Waals surface area contributed by atoms with Gasteiger partial charge in [0.25, 0.3) is 5.91 Å². The number of thiophene rings is 1. The zero-order valence-corrected chi connectivity index (χ0v) is 16.8. The first-order chi connectivity index (χ1) is 13.7. The fourth-order valence-electron chi connectivity index (χ4n) is 3.31. The third kappa shape index (κ3) is 3.43. The van der Waals surface area contributed by atoms with Gasteiger partial charge in [-0.1, -0.05) is 36.4 Å². The van der Waals surface area contributed by atoms with E-state index in [0.717, 1.165) is 27.2 Å². The number of hydrogen-bond acceptors (Lipinski definition) is 4. The van der Waals surface area contributed by atoms with Crippen molar-refractivity contribution in [2.75, 3.05) is 6.54 Å². The molecule has 0 aliphatic rings. The van der Waals surface area contributed by atoms with Crippen LogP contribution in [0.2, 0.25) is 0 Å². The van der Waals surface area contributed by atoms with Gasteiger partial charge in [-0.2, -0.15) is 5.10 Å². The van der Waals surface area contributed by atoms with E-state index in [1.165, 1.54) is 0 Å². The zero-order valence-electron chi connectivity index (χ0n) is 16.0. The summed E-state index contributed by atoms with van der Waals surface area (Å²) < 4.78 is 1.84. The molecule has 1 amide bonds. The maximum Gasteiger partial charge on any atom is 0.255 e. The molecule has 6 heteroatoms. The second-order valence-electron chi connectivity index (χ2n) is 6.53. The van der Waals surface area contributed by atoms with Crippen LogP contribution >= 0.6 is 11.3 Å². The van der Waals surface area contributed by atoms with Crippen LogP contribution in [0.3, 0.4) is 0 Å². The summed E-state index contributed by atoms with van der Waals surface area (Å²) in [6, 6.07) is 16.0. The van der Waals surface area contributed by atoms with Gasteiger partial charge in [0.15, 0.2) is 5.65 Å². The lowest BCUT2D eigenvalue weighted by Gasteiger charge is -2.21. The minimum atomic E-state index is 0.00668. The summed E-state index contributed by atoms with van der Waals surface area (Å²) in [6.07, 6.45) is 1.76. The molecular formula is C22H22N4OS. The van der Waals surface area contributed by atoms with Gasteiger partial charge in [-0.15, -0.1) is 11.3 Å². The Labute approximate surface area is 168 Å². The highest BCUT2D eigenvalue weighted by Gasteiger charge is 2.21. The Morgan fingerprint density at radius 1 is 1.14 bits per heavy atom. The number of amides is 1. The summed E-state index contributed by atoms with van der Waals surface area (Å²) in [7, 11) is 0. The second-order valence-corrected chi connectivity index (χ2v) is 7.48. The molecule has 4 rings (SSSR count). The van der Waals surface area contributed by atoms with Crippen LogP contribution in [0, 0.1) is 0 Å². The molecule has 0 radical (unpaired) electrons. The Bertz CT molecular complexity index is 1090. The van der Waals surface area contributed by atoms with E-state index >= 15 is 0 Å². The number of aromatic nitrogens is 3. The fraction of sp³-hybridized carbons (Fsp3) is 0.227. The number of pyridine rings is 1. The van der Waals surface area contributed by atoms with Crippen molar-refractivity contribution in [2.45, 2.75) is 26.9 Å². The van der Waals surface area contributed by atoms with Crippen molar-refractivity contribution in [3.05, 3.63) is 71.2 Å². The van der Waals surface area contributed by atoms with Gasteiger partial charge in [0, 0.05) is 19.6 Å². The first kappa shape index (κ1) is 18.4. The Hall–Kier alpha value is -2.99. The molecule has 0 unspecified atom stereocenters. The Morgan fingerprint density at radius 2 is 1.96 bits per heavy atom. The number of rotatable bonds is 6. The third-order valence-electron chi connectivity index (χ3n) is 4.80. The number of benzene rings is 1. The summed E-state index contributed by atoms with van der Waals surface area (Å²) in [6.45, 7) is 5.96. The highest BCUT2D eigenvalue weighted by Crippen LogP contribution is 2.29. The van der Waals surface area contributed by atoms with E-state index in [9.17, 15) is 4.79 Å². The van der Waals surface area contributed by atoms with E-state index in [1.807, 2.05) is 77.3 Å². The largest absolute Gasteiger partial charge is 0.335 e. The van der Waals surface area contributed by atoms with Crippen molar-refractivity contribution >= 4 is 28.3 Å². The molecule has 28 heavy (non-hydrogen) atoms. The average molecular weight is 391 g/mol. The quantitative estimate of drug-likeness (QED) is 0.473. The molecule has 0 atom stereocenters. The molecule has 5 nitrogen and oxygen atoms in total. The van der Waals surface area contributed by atoms with Gasteiger partial charge >= 0.3 is 0 Å². The molecule has 4 aromatic rings. The summed E-state index contributed by atoms with van der Waals surface area (Å²) in [5.41, 5.74) is 3.35. The average Bonchev–Trinajstić information content (AvgIpc) is 3.41. The minimum Gasteiger partial charge on any atom is -0.335 e. The number of hydrogen-bond donors (Lipinski definition) is 0. The van der Waals surface area contributed by atoms with Crippen molar-refractivity contribution in [3.8, 4) is 10.6 Å². The number of carbonyl (C=O) groups is 1. The number of carbonyl (C=O) groups excluding carboxylic acids is 1. The van der Waals surface area contributed by atoms with Crippen molar-refractivity contribution in [2.24, 2.45) is 0 Å². The van der Waals surface area contributed by atoms with Crippen LogP contribution < -0.4 is 0 Å². The standard InChI is InChI=1S/C22H22N4OS/c1-3-25(15-16-9-6-5-7-10-16)22(27)17-13-19(20-11-8-12-28-20)24-21-18(17)14-23-26(21)4-2/h5-14H,3-4,15H2,1-2H3. The minimum absolute atomic E-state index is 0.00668. The lowest BCUT2D eigenvalue weighted by molar-refractivity contribution is 0.0754. The van der Waals surface area contributed by atoms with Crippen LogP contribution in [0.25, 0.3) is 21.6 Å². The monoisotopic (exact) mass is 390 g/mol. The molecule has 0 N–H and O–H groups in total. The normalized spacial score (nSPS) is 11.1. The molecule has 0 bridgehead atoms. The van der Waals surface area contributed by atoms with Gasteiger partial charge < -0.3 is 4.90 Å². The van der Waals surface area contributed by atoms with Crippen LogP contribution in [0.4, 0.5) is 0 Å². The van der Waals surface area contributed by atoms with Crippen LogP contribution in [0.1, 0.15) is 29.8 Å². The van der Waals surface area contributed by atoms with E-state index in [2.05, 4.69) is 5.10 Å². The zero-order chi connectivity index (χ0) is 19.5. The molecule has 0 saturated carbocycles. The molecule has 0 spiro atoms. The molecule has 3 heterocycles. The molecule has 0 fully saturated rings. The first-order valence-corrected chi connectivity index (χ1v) is 10.3. The molecule has 0 saturated heterocycles. The summed E-state index contributed by atoms with van der Waals surface area (Å²) in [4.78, 5) is 21.2. The van der Waals surface area contributed by atoms with Gasteiger partial charge in [-0.05, 0) is 36.9 Å². The van der Waals surface area contributed by atoms with E-state index < -0.39 is 0 Å². The second kappa shape index (κ2) is 7.94. The van der Waals surface area contributed by atoms with Crippen molar-refractivity contribution in [1.29, 1.82) is 0 Å². The molecular weight excluding hydrogens is 368 g/mol. The Kier molecular flexibility index (Phi) is 5.21. The van der Waals surface area contributed by atoms with Crippen molar-refractivity contribution in [1.82, 2.24) is 19.7 Å². The number of nitrogens with zero attached hydrogens (tertiary/aromatic N) is 4. The summed E-state index contributed by atoms with van der Waals surface area (Å²) >= 11 is 1.62.